The van der Waals surface area contributed by atoms with Gasteiger partial charge >= 0.3 is 5.97 Å². The standard InChI is InChI=1S/C13H16O3/c1-9(13(14)15)6-10-7-11-4-2-3-5-12(11)16-8-10/h2-5,9-10H,6-8H2,1H3,(H,14,15). The van der Waals surface area contributed by atoms with Crippen LogP contribution in [0.2, 0.25) is 0 Å². The second kappa shape index (κ2) is 4.56. The highest BCUT2D eigenvalue weighted by Crippen LogP contribution is 2.29. The number of hydrogen-bond acceptors (Lipinski definition) is 2. The second-order valence-corrected chi connectivity index (χ2v) is 4.46. The lowest BCUT2D eigenvalue weighted by atomic mass is 9.89. The van der Waals surface area contributed by atoms with Gasteiger partial charge in [-0.25, -0.2) is 0 Å². The molecule has 1 heterocycles. The smallest absolute Gasteiger partial charge is 0.306 e. The zero-order chi connectivity index (χ0) is 11.5. The molecule has 0 fully saturated rings. The summed E-state index contributed by atoms with van der Waals surface area (Å²) in [4.78, 5) is 10.8. The lowest BCUT2D eigenvalue weighted by molar-refractivity contribution is -0.141. The van der Waals surface area contributed by atoms with Gasteiger partial charge in [0.05, 0.1) is 12.5 Å². The van der Waals surface area contributed by atoms with E-state index < -0.39 is 5.97 Å². The number of rotatable bonds is 3. The van der Waals surface area contributed by atoms with Crippen LogP contribution < -0.4 is 4.74 Å². The molecule has 1 aromatic rings. The van der Waals surface area contributed by atoms with Crippen LogP contribution in [0.5, 0.6) is 5.75 Å². The summed E-state index contributed by atoms with van der Waals surface area (Å²) in [6, 6.07) is 7.96. The summed E-state index contributed by atoms with van der Waals surface area (Å²) in [5.41, 5.74) is 1.19. The summed E-state index contributed by atoms with van der Waals surface area (Å²) in [6.07, 6.45) is 1.61. The maximum absolute atomic E-state index is 10.8. The highest BCUT2D eigenvalue weighted by Gasteiger charge is 2.23. The molecule has 1 aliphatic rings. The zero-order valence-electron chi connectivity index (χ0n) is 9.35. The van der Waals surface area contributed by atoms with E-state index >= 15 is 0 Å². The van der Waals surface area contributed by atoms with E-state index in [-0.39, 0.29) is 5.92 Å². The molecule has 0 saturated carbocycles. The number of fused-ring (bicyclic) bond motifs is 1. The number of carboxylic acid groups (broad SMARTS) is 1. The molecule has 2 rings (SSSR count). The fourth-order valence-corrected chi connectivity index (χ4v) is 2.14. The summed E-state index contributed by atoms with van der Waals surface area (Å²) < 4.78 is 5.62. The molecule has 2 unspecified atom stereocenters. The van der Waals surface area contributed by atoms with Crippen molar-refractivity contribution in [1.82, 2.24) is 0 Å². The Kier molecular flexibility index (Phi) is 3.13. The third-order valence-electron chi connectivity index (χ3n) is 3.06. The summed E-state index contributed by atoms with van der Waals surface area (Å²) in [6.45, 7) is 2.39. The Hall–Kier alpha value is -1.51. The number of aliphatic carboxylic acids is 1. The lowest BCUT2D eigenvalue weighted by Gasteiger charge is -2.26. The van der Waals surface area contributed by atoms with Crippen LogP contribution in [0.25, 0.3) is 0 Å². The molecule has 0 radical (unpaired) electrons. The predicted octanol–water partition coefficient (Wildman–Crippen LogP) is 2.35. The average Bonchev–Trinajstić information content (AvgIpc) is 2.28. The molecule has 1 aliphatic heterocycles. The van der Waals surface area contributed by atoms with Crippen molar-refractivity contribution in [1.29, 1.82) is 0 Å². The Bertz CT molecular complexity index is 387. The zero-order valence-corrected chi connectivity index (χ0v) is 9.35. The van der Waals surface area contributed by atoms with E-state index in [0.717, 1.165) is 12.2 Å². The fourth-order valence-electron chi connectivity index (χ4n) is 2.14. The maximum Gasteiger partial charge on any atom is 0.306 e. The summed E-state index contributed by atoms with van der Waals surface area (Å²) >= 11 is 0. The largest absolute Gasteiger partial charge is 0.493 e. The summed E-state index contributed by atoms with van der Waals surface area (Å²) in [5.74, 6) is 0.250. The van der Waals surface area contributed by atoms with Crippen molar-refractivity contribution >= 4 is 5.97 Å². The van der Waals surface area contributed by atoms with Crippen LogP contribution >= 0.6 is 0 Å². The number of para-hydroxylation sites is 1. The molecular weight excluding hydrogens is 204 g/mol. The molecule has 0 amide bonds. The average molecular weight is 220 g/mol. The number of carbonyl (C=O) groups is 1. The van der Waals surface area contributed by atoms with Crippen molar-refractivity contribution < 1.29 is 14.6 Å². The van der Waals surface area contributed by atoms with Gasteiger partial charge in [0.25, 0.3) is 0 Å². The van der Waals surface area contributed by atoms with Crippen molar-refractivity contribution in [3.05, 3.63) is 29.8 Å². The van der Waals surface area contributed by atoms with E-state index in [9.17, 15) is 4.79 Å². The van der Waals surface area contributed by atoms with E-state index in [0.29, 0.717) is 18.9 Å². The first-order valence-electron chi connectivity index (χ1n) is 5.60. The van der Waals surface area contributed by atoms with Crippen molar-refractivity contribution in [2.75, 3.05) is 6.61 Å². The molecule has 0 bridgehead atoms. The summed E-state index contributed by atoms with van der Waals surface area (Å²) in [5, 5.41) is 8.87. The van der Waals surface area contributed by atoms with Crippen LogP contribution in [-0.4, -0.2) is 17.7 Å². The SMILES string of the molecule is CC(CC1COc2ccccc2C1)C(=O)O. The van der Waals surface area contributed by atoms with Crippen LogP contribution in [0.1, 0.15) is 18.9 Å². The van der Waals surface area contributed by atoms with E-state index in [1.165, 1.54) is 5.56 Å². The van der Waals surface area contributed by atoms with Crippen LogP contribution in [0.15, 0.2) is 24.3 Å². The predicted molar refractivity (Wildman–Crippen MR) is 60.5 cm³/mol. The molecule has 86 valence electrons. The summed E-state index contributed by atoms with van der Waals surface area (Å²) in [7, 11) is 0. The Labute approximate surface area is 95.0 Å². The molecule has 0 spiro atoms. The van der Waals surface area contributed by atoms with Crippen molar-refractivity contribution in [3.63, 3.8) is 0 Å². The topological polar surface area (TPSA) is 46.5 Å². The fraction of sp³-hybridized carbons (Fsp3) is 0.462. The highest BCUT2D eigenvalue weighted by molar-refractivity contribution is 5.69. The first kappa shape index (κ1) is 11.0. The Morgan fingerprint density at radius 1 is 1.56 bits per heavy atom. The van der Waals surface area contributed by atoms with E-state index in [2.05, 4.69) is 0 Å². The number of hydrogen-bond donors (Lipinski definition) is 1. The van der Waals surface area contributed by atoms with Crippen molar-refractivity contribution in [3.8, 4) is 5.75 Å². The first-order chi connectivity index (χ1) is 7.66. The Morgan fingerprint density at radius 3 is 3.06 bits per heavy atom. The van der Waals surface area contributed by atoms with Crippen molar-refractivity contribution in [2.45, 2.75) is 19.8 Å². The molecule has 3 heteroatoms. The third-order valence-corrected chi connectivity index (χ3v) is 3.06. The van der Waals surface area contributed by atoms with Gasteiger partial charge in [0.15, 0.2) is 0 Å². The number of benzene rings is 1. The Morgan fingerprint density at radius 2 is 2.31 bits per heavy atom. The molecule has 0 aliphatic carbocycles. The molecular formula is C13H16O3. The minimum Gasteiger partial charge on any atom is -0.493 e. The molecule has 16 heavy (non-hydrogen) atoms. The van der Waals surface area contributed by atoms with Gasteiger partial charge in [-0.05, 0) is 30.4 Å². The third kappa shape index (κ3) is 2.35. The van der Waals surface area contributed by atoms with Gasteiger partial charge in [-0.3, -0.25) is 4.79 Å². The monoisotopic (exact) mass is 220 g/mol. The van der Waals surface area contributed by atoms with Gasteiger partial charge in [-0.1, -0.05) is 25.1 Å². The van der Waals surface area contributed by atoms with E-state index in [4.69, 9.17) is 9.84 Å². The van der Waals surface area contributed by atoms with E-state index in [1.54, 1.807) is 6.92 Å². The van der Waals surface area contributed by atoms with Crippen molar-refractivity contribution in [2.24, 2.45) is 11.8 Å². The van der Waals surface area contributed by atoms with Crippen LogP contribution in [0.4, 0.5) is 0 Å². The van der Waals surface area contributed by atoms with Gasteiger partial charge in [-0.2, -0.15) is 0 Å². The minimum absolute atomic E-state index is 0.293. The highest BCUT2D eigenvalue weighted by atomic mass is 16.5. The van der Waals surface area contributed by atoms with Gasteiger partial charge in [0.2, 0.25) is 0 Å². The van der Waals surface area contributed by atoms with Gasteiger partial charge < -0.3 is 9.84 Å². The number of carboxylic acids is 1. The maximum atomic E-state index is 10.8. The van der Waals surface area contributed by atoms with Crippen LogP contribution in [-0.2, 0) is 11.2 Å². The molecule has 3 nitrogen and oxygen atoms in total. The van der Waals surface area contributed by atoms with Gasteiger partial charge in [0, 0.05) is 0 Å². The molecule has 0 aromatic heterocycles. The van der Waals surface area contributed by atoms with Crippen LogP contribution in [0, 0.1) is 11.8 Å². The Balaban J connectivity index is 2.00. The second-order valence-electron chi connectivity index (χ2n) is 4.46. The van der Waals surface area contributed by atoms with Crippen LogP contribution in [0.3, 0.4) is 0 Å². The van der Waals surface area contributed by atoms with Gasteiger partial charge in [0.1, 0.15) is 5.75 Å². The first-order valence-corrected chi connectivity index (χ1v) is 5.60. The molecule has 1 N–H and O–H groups in total. The molecule has 1 aromatic carbocycles. The van der Waals surface area contributed by atoms with E-state index in [1.807, 2.05) is 24.3 Å². The normalized spacial score (nSPS) is 20.7. The molecule has 2 atom stereocenters. The van der Waals surface area contributed by atoms with Gasteiger partial charge in [-0.15, -0.1) is 0 Å². The lowest BCUT2D eigenvalue weighted by Crippen LogP contribution is -2.25. The minimum atomic E-state index is -0.723. The quantitative estimate of drug-likeness (QED) is 0.850. The number of ether oxygens (including phenoxy) is 1. The molecule has 0 saturated heterocycles.